The maximum atomic E-state index is 12.6. The van der Waals surface area contributed by atoms with Crippen LogP contribution >= 0.6 is 0 Å². The van der Waals surface area contributed by atoms with E-state index in [1.807, 2.05) is 31.2 Å². The second kappa shape index (κ2) is 7.28. The third-order valence-corrected chi connectivity index (χ3v) is 6.03. The lowest BCUT2D eigenvalue weighted by molar-refractivity contribution is -0.126. The van der Waals surface area contributed by atoms with Crippen molar-refractivity contribution < 1.29 is 22.4 Å². The summed E-state index contributed by atoms with van der Waals surface area (Å²) >= 11 is 0. The molecule has 0 aliphatic carbocycles. The molecule has 1 aromatic heterocycles. The van der Waals surface area contributed by atoms with Gasteiger partial charge >= 0.3 is 0 Å². The van der Waals surface area contributed by atoms with E-state index in [2.05, 4.69) is 5.32 Å². The Labute approximate surface area is 153 Å². The predicted octanol–water partition coefficient (Wildman–Crippen LogP) is 2.29. The summed E-state index contributed by atoms with van der Waals surface area (Å²) in [7, 11) is -1.69. The Bertz CT molecular complexity index is 905. The highest BCUT2D eigenvalue weighted by Crippen LogP contribution is 2.31. The number of fused-ring (bicyclic) bond motifs is 1. The van der Waals surface area contributed by atoms with Gasteiger partial charge in [0, 0.05) is 18.5 Å². The maximum absolute atomic E-state index is 12.6. The van der Waals surface area contributed by atoms with Crippen molar-refractivity contribution in [2.75, 3.05) is 26.5 Å². The van der Waals surface area contributed by atoms with E-state index >= 15 is 0 Å². The first-order valence-electron chi connectivity index (χ1n) is 8.61. The van der Waals surface area contributed by atoms with Gasteiger partial charge in [0.15, 0.2) is 11.3 Å². The van der Waals surface area contributed by atoms with Gasteiger partial charge in [0.05, 0.1) is 25.3 Å². The quantitative estimate of drug-likeness (QED) is 0.860. The number of carbonyl (C=O) groups excluding carboxylic acids is 1. The van der Waals surface area contributed by atoms with E-state index in [0.717, 1.165) is 5.39 Å². The molecular formula is C18H24N2O5S. The molecule has 1 aliphatic rings. The molecule has 3 rings (SSSR count). The fourth-order valence-electron chi connectivity index (χ4n) is 3.29. The third kappa shape index (κ3) is 3.86. The van der Waals surface area contributed by atoms with Crippen molar-refractivity contribution in [1.82, 2.24) is 9.62 Å². The Morgan fingerprint density at radius 1 is 1.42 bits per heavy atom. The summed E-state index contributed by atoms with van der Waals surface area (Å²) in [5, 5.41) is 3.85. The summed E-state index contributed by atoms with van der Waals surface area (Å²) in [5.74, 6) is 0.773. The molecule has 1 fully saturated rings. The molecule has 0 radical (unpaired) electrons. The van der Waals surface area contributed by atoms with Crippen molar-refractivity contribution in [3.8, 4) is 5.75 Å². The summed E-state index contributed by atoms with van der Waals surface area (Å²) in [6.07, 6.45) is 2.54. The summed E-state index contributed by atoms with van der Waals surface area (Å²) < 4.78 is 36.0. The normalized spacial score (nSPS) is 20.0. The summed E-state index contributed by atoms with van der Waals surface area (Å²) in [6.45, 7) is 2.55. The van der Waals surface area contributed by atoms with Gasteiger partial charge in [-0.2, -0.15) is 0 Å². The van der Waals surface area contributed by atoms with Gasteiger partial charge in [0.25, 0.3) is 0 Å². The van der Waals surface area contributed by atoms with Crippen LogP contribution in [-0.2, 0) is 14.8 Å². The first-order chi connectivity index (χ1) is 12.3. The van der Waals surface area contributed by atoms with Gasteiger partial charge in [0.1, 0.15) is 5.76 Å². The number of nitrogens with zero attached hydrogens (tertiary/aromatic N) is 1. The SMILES string of the molecule is COc1cccc2cc(C(C)NC(=O)C3CCCN(S(C)(=O)=O)C3)oc12. The van der Waals surface area contributed by atoms with E-state index in [1.165, 1.54) is 10.6 Å². The number of carbonyl (C=O) groups is 1. The molecule has 2 aromatic rings. The van der Waals surface area contributed by atoms with Crippen molar-refractivity contribution in [3.63, 3.8) is 0 Å². The molecule has 0 saturated carbocycles. The molecule has 7 nitrogen and oxygen atoms in total. The van der Waals surface area contributed by atoms with Crippen LogP contribution < -0.4 is 10.1 Å². The number of para-hydroxylation sites is 1. The zero-order valence-electron chi connectivity index (χ0n) is 15.2. The van der Waals surface area contributed by atoms with Crippen molar-refractivity contribution in [3.05, 3.63) is 30.0 Å². The lowest BCUT2D eigenvalue weighted by Crippen LogP contribution is -2.45. The predicted molar refractivity (Wildman–Crippen MR) is 98.5 cm³/mol. The zero-order valence-corrected chi connectivity index (χ0v) is 16.0. The Morgan fingerprint density at radius 3 is 2.88 bits per heavy atom. The molecule has 26 heavy (non-hydrogen) atoms. The zero-order chi connectivity index (χ0) is 18.9. The Hall–Kier alpha value is -2.06. The Kier molecular flexibility index (Phi) is 5.24. The van der Waals surface area contributed by atoms with Crippen LogP contribution in [0.2, 0.25) is 0 Å². The van der Waals surface area contributed by atoms with E-state index in [4.69, 9.17) is 9.15 Å². The molecule has 2 unspecified atom stereocenters. The highest BCUT2D eigenvalue weighted by molar-refractivity contribution is 7.88. The number of hydrogen-bond donors (Lipinski definition) is 1. The Morgan fingerprint density at radius 2 is 2.19 bits per heavy atom. The molecule has 1 amide bonds. The van der Waals surface area contributed by atoms with Gasteiger partial charge in [-0.15, -0.1) is 0 Å². The summed E-state index contributed by atoms with van der Waals surface area (Å²) in [6, 6.07) is 7.18. The minimum absolute atomic E-state index is 0.154. The number of hydrogen-bond acceptors (Lipinski definition) is 5. The number of rotatable bonds is 5. The number of nitrogens with one attached hydrogen (secondary N) is 1. The van der Waals surface area contributed by atoms with E-state index < -0.39 is 10.0 Å². The van der Waals surface area contributed by atoms with Crippen LogP contribution in [0.15, 0.2) is 28.7 Å². The van der Waals surface area contributed by atoms with Gasteiger partial charge < -0.3 is 14.5 Å². The van der Waals surface area contributed by atoms with Crippen LogP contribution in [0, 0.1) is 5.92 Å². The molecule has 1 saturated heterocycles. The second-order valence-electron chi connectivity index (χ2n) is 6.72. The largest absolute Gasteiger partial charge is 0.493 e. The molecule has 0 spiro atoms. The molecule has 2 atom stereocenters. The second-order valence-corrected chi connectivity index (χ2v) is 8.70. The summed E-state index contributed by atoms with van der Waals surface area (Å²) in [5.41, 5.74) is 0.645. The third-order valence-electron chi connectivity index (χ3n) is 4.76. The molecule has 1 aliphatic heterocycles. The molecule has 8 heteroatoms. The minimum Gasteiger partial charge on any atom is -0.493 e. The smallest absolute Gasteiger partial charge is 0.225 e. The lowest BCUT2D eigenvalue weighted by Gasteiger charge is -2.30. The van der Waals surface area contributed by atoms with Gasteiger partial charge in [-0.25, -0.2) is 12.7 Å². The standard InChI is InChI=1S/C18H24N2O5S/c1-12(16-10-13-6-4-8-15(24-2)17(13)25-16)19-18(21)14-7-5-9-20(11-14)26(3,22)23/h4,6,8,10,12,14H,5,7,9,11H2,1-3H3,(H,19,21). The van der Waals surface area contributed by atoms with E-state index in [9.17, 15) is 13.2 Å². The van der Waals surface area contributed by atoms with Crippen LogP contribution in [-0.4, -0.2) is 45.1 Å². The number of amides is 1. The van der Waals surface area contributed by atoms with Crippen LogP contribution in [0.3, 0.4) is 0 Å². The molecular weight excluding hydrogens is 356 g/mol. The van der Waals surface area contributed by atoms with E-state index in [1.54, 1.807) is 7.11 Å². The number of sulfonamides is 1. The van der Waals surface area contributed by atoms with E-state index in [-0.39, 0.29) is 24.4 Å². The fraction of sp³-hybridized carbons (Fsp3) is 0.500. The fourth-order valence-corrected chi connectivity index (χ4v) is 4.20. The van der Waals surface area contributed by atoms with Crippen LogP contribution in [0.1, 0.15) is 31.6 Å². The number of ether oxygens (including phenoxy) is 1. The van der Waals surface area contributed by atoms with Crippen molar-refractivity contribution >= 4 is 26.9 Å². The highest BCUT2D eigenvalue weighted by atomic mass is 32.2. The maximum Gasteiger partial charge on any atom is 0.225 e. The first-order valence-corrected chi connectivity index (χ1v) is 10.5. The molecule has 1 aromatic carbocycles. The number of methoxy groups -OCH3 is 1. The average molecular weight is 380 g/mol. The minimum atomic E-state index is -3.28. The van der Waals surface area contributed by atoms with Gasteiger partial charge in [-0.3, -0.25) is 4.79 Å². The van der Waals surface area contributed by atoms with Gasteiger partial charge in [0.2, 0.25) is 15.9 Å². The summed E-state index contributed by atoms with van der Waals surface area (Å²) in [4.78, 5) is 12.6. The Balaban J connectivity index is 1.71. The number of benzene rings is 1. The highest BCUT2D eigenvalue weighted by Gasteiger charge is 2.31. The monoisotopic (exact) mass is 380 g/mol. The molecule has 2 heterocycles. The van der Waals surface area contributed by atoms with Crippen LogP contribution in [0.4, 0.5) is 0 Å². The average Bonchev–Trinajstić information content (AvgIpc) is 3.05. The van der Waals surface area contributed by atoms with Crippen molar-refractivity contribution in [2.24, 2.45) is 5.92 Å². The van der Waals surface area contributed by atoms with Gasteiger partial charge in [-0.05, 0) is 31.9 Å². The first kappa shape index (κ1) is 18.7. The molecule has 1 N–H and O–H groups in total. The van der Waals surface area contributed by atoms with Crippen molar-refractivity contribution in [1.29, 1.82) is 0 Å². The van der Waals surface area contributed by atoms with E-state index in [0.29, 0.717) is 36.5 Å². The number of piperidine rings is 1. The van der Waals surface area contributed by atoms with Crippen LogP contribution in [0.5, 0.6) is 5.75 Å². The molecule has 0 bridgehead atoms. The van der Waals surface area contributed by atoms with Crippen LogP contribution in [0.25, 0.3) is 11.0 Å². The molecule has 142 valence electrons. The van der Waals surface area contributed by atoms with Gasteiger partial charge in [-0.1, -0.05) is 12.1 Å². The topological polar surface area (TPSA) is 88.9 Å². The number of furan rings is 1. The van der Waals surface area contributed by atoms with Crippen molar-refractivity contribution in [2.45, 2.75) is 25.8 Å². The lowest BCUT2D eigenvalue weighted by atomic mass is 9.98.